The zero-order valence-electron chi connectivity index (χ0n) is 12.0. The minimum absolute atomic E-state index is 0.0658. The van der Waals surface area contributed by atoms with Gasteiger partial charge < -0.3 is 4.98 Å². The van der Waals surface area contributed by atoms with Crippen LogP contribution in [0.1, 0.15) is 37.3 Å². The second-order valence-corrected chi connectivity index (χ2v) is 5.66. The highest BCUT2D eigenvalue weighted by Crippen LogP contribution is 2.33. The smallest absolute Gasteiger partial charge is 0.305 e. The molecule has 7 nitrogen and oxygen atoms in total. The molecule has 0 aliphatic heterocycles. The van der Waals surface area contributed by atoms with Crippen LogP contribution in [0.5, 0.6) is 0 Å². The summed E-state index contributed by atoms with van der Waals surface area (Å²) in [4.78, 5) is 26.6. The van der Waals surface area contributed by atoms with Gasteiger partial charge >= 0.3 is 5.69 Å². The number of rotatable bonds is 2. The molecule has 1 aliphatic rings. The SMILES string of the molecule is N#Cc1ccc2c(c1)[nH]c(=O)n2C1CCC(C(=O)NN)CC1. The number of nitrogens with zero attached hydrogens (tertiary/aromatic N) is 2. The van der Waals surface area contributed by atoms with E-state index in [0.29, 0.717) is 23.9 Å². The Hall–Kier alpha value is -2.59. The lowest BCUT2D eigenvalue weighted by atomic mass is 9.85. The molecule has 0 unspecified atom stereocenters. The van der Waals surface area contributed by atoms with Gasteiger partial charge in [-0.15, -0.1) is 0 Å². The summed E-state index contributed by atoms with van der Waals surface area (Å²) >= 11 is 0. The molecule has 0 saturated heterocycles. The normalized spacial score (nSPS) is 21.5. The fourth-order valence-corrected chi connectivity index (χ4v) is 3.28. The maximum Gasteiger partial charge on any atom is 0.326 e. The number of nitrogens with one attached hydrogen (secondary N) is 2. The van der Waals surface area contributed by atoms with Gasteiger partial charge in [0, 0.05) is 12.0 Å². The molecular formula is C15H17N5O2. The molecule has 7 heteroatoms. The first-order chi connectivity index (χ1) is 10.6. The Balaban J connectivity index is 1.89. The highest BCUT2D eigenvalue weighted by Gasteiger charge is 2.28. The predicted molar refractivity (Wildman–Crippen MR) is 80.6 cm³/mol. The molecule has 0 atom stereocenters. The number of aromatic amines is 1. The first-order valence-electron chi connectivity index (χ1n) is 7.29. The third kappa shape index (κ3) is 2.38. The zero-order chi connectivity index (χ0) is 15.7. The van der Waals surface area contributed by atoms with Crippen molar-refractivity contribution in [3.8, 4) is 6.07 Å². The lowest BCUT2D eigenvalue weighted by molar-refractivity contribution is -0.126. The van der Waals surface area contributed by atoms with Gasteiger partial charge in [-0.3, -0.25) is 14.8 Å². The van der Waals surface area contributed by atoms with Gasteiger partial charge in [0.1, 0.15) is 0 Å². The third-order valence-corrected chi connectivity index (χ3v) is 4.42. The molecule has 0 radical (unpaired) electrons. The van der Waals surface area contributed by atoms with Crippen LogP contribution in [0.4, 0.5) is 0 Å². The number of amides is 1. The highest BCUT2D eigenvalue weighted by atomic mass is 16.2. The molecule has 1 aliphatic carbocycles. The van der Waals surface area contributed by atoms with Crippen molar-refractivity contribution in [2.24, 2.45) is 11.8 Å². The standard InChI is InChI=1S/C15H17N5O2/c16-8-9-1-6-13-12(7-9)18-15(22)20(13)11-4-2-10(3-5-11)14(21)19-17/h1,6-7,10-11H,2-5,17H2,(H,18,22)(H,19,21). The first kappa shape index (κ1) is 14.4. The molecule has 1 saturated carbocycles. The molecule has 1 aromatic heterocycles. The number of fused-ring (bicyclic) bond motifs is 1. The van der Waals surface area contributed by atoms with Gasteiger partial charge in [0.25, 0.3) is 0 Å². The summed E-state index contributed by atoms with van der Waals surface area (Å²) in [6.45, 7) is 0. The zero-order valence-corrected chi connectivity index (χ0v) is 12.0. The van der Waals surface area contributed by atoms with Gasteiger partial charge in [0.2, 0.25) is 5.91 Å². The molecule has 1 heterocycles. The van der Waals surface area contributed by atoms with Crippen LogP contribution in [0.15, 0.2) is 23.0 Å². The van der Waals surface area contributed by atoms with E-state index in [9.17, 15) is 9.59 Å². The maximum absolute atomic E-state index is 12.2. The summed E-state index contributed by atoms with van der Waals surface area (Å²) in [5, 5.41) is 8.93. The Bertz CT molecular complexity index is 805. The number of aromatic nitrogens is 2. The van der Waals surface area contributed by atoms with Gasteiger partial charge in [-0.05, 0) is 43.9 Å². The number of H-pyrrole nitrogens is 1. The summed E-state index contributed by atoms with van der Waals surface area (Å²) < 4.78 is 1.74. The molecule has 1 amide bonds. The van der Waals surface area contributed by atoms with Crippen molar-refractivity contribution in [2.75, 3.05) is 0 Å². The largest absolute Gasteiger partial charge is 0.326 e. The van der Waals surface area contributed by atoms with E-state index in [0.717, 1.165) is 18.4 Å². The second kappa shape index (κ2) is 5.66. The van der Waals surface area contributed by atoms with Crippen molar-refractivity contribution in [1.82, 2.24) is 15.0 Å². The number of nitriles is 1. The summed E-state index contributed by atoms with van der Waals surface area (Å²) in [6.07, 6.45) is 2.93. The topological polar surface area (TPSA) is 117 Å². The molecule has 1 fully saturated rings. The summed E-state index contributed by atoms with van der Waals surface area (Å²) in [5.74, 6) is 4.96. The van der Waals surface area contributed by atoms with Crippen molar-refractivity contribution in [3.05, 3.63) is 34.2 Å². The number of hydrogen-bond donors (Lipinski definition) is 3. The van der Waals surface area contributed by atoms with E-state index in [2.05, 4.69) is 16.5 Å². The van der Waals surface area contributed by atoms with E-state index in [1.54, 1.807) is 22.8 Å². The van der Waals surface area contributed by atoms with Crippen LogP contribution in [0, 0.1) is 17.2 Å². The number of hydrogen-bond acceptors (Lipinski definition) is 4. The molecule has 4 N–H and O–H groups in total. The summed E-state index contributed by atoms with van der Waals surface area (Å²) in [6, 6.07) is 7.32. The van der Waals surface area contributed by atoms with E-state index in [4.69, 9.17) is 11.1 Å². The van der Waals surface area contributed by atoms with E-state index in [-0.39, 0.29) is 23.6 Å². The minimum Gasteiger partial charge on any atom is -0.305 e. The quantitative estimate of drug-likeness (QED) is 0.434. The molecule has 3 rings (SSSR count). The first-order valence-corrected chi connectivity index (χ1v) is 7.29. The van der Waals surface area contributed by atoms with Crippen LogP contribution in [0.3, 0.4) is 0 Å². The van der Waals surface area contributed by atoms with Crippen LogP contribution in [0.25, 0.3) is 11.0 Å². The van der Waals surface area contributed by atoms with Crippen molar-refractivity contribution in [1.29, 1.82) is 5.26 Å². The molecule has 2 aromatic rings. The van der Waals surface area contributed by atoms with Crippen LogP contribution < -0.4 is 17.0 Å². The predicted octanol–water partition coefficient (Wildman–Crippen LogP) is 0.922. The average molecular weight is 299 g/mol. The van der Waals surface area contributed by atoms with E-state index in [1.165, 1.54) is 0 Å². The van der Waals surface area contributed by atoms with E-state index >= 15 is 0 Å². The van der Waals surface area contributed by atoms with Crippen molar-refractivity contribution >= 4 is 16.9 Å². The van der Waals surface area contributed by atoms with Gasteiger partial charge in [-0.25, -0.2) is 10.6 Å². The van der Waals surface area contributed by atoms with Gasteiger partial charge in [-0.1, -0.05) is 0 Å². The molecule has 22 heavy (non-hydrogen) atoms. The van der Waals surface area contributed by atoms with E-state index < -0.39 is 0 Å². The van der Waals surface area contributed by atoms with Crippen LogP contribution in [-0.4, -0.2) is 15.5 Å². The average Bonchev–Trinajstić information content (AvgIpc) is 2.89. The number of benzene rings is 1. The minimum atomic E-state index is -0.170. The number of nitrogens with two attached hydrogens (primary N) is 1. The lowest BCUT2D eigenvalue weighted by Crippen LogP contribution is -2.38. The van der Waals surface area contributed by atoms with Crippen LogP contribution >= 0.6 is 0 Å². The molecule has 0 spiro atoms. The van der Waals surface area contributed by atoms with Crippen LogP contribution in [0.2, 0.25) is 0 Å². The molecular weight excluding hydrogens is 282 g/mol. The summed E-state index contributed by atoms with van der Waals surface area (Å²) in [5.41, 5.74) is 4.02. The monoisotopic (exact) mass is 299 g/mol. The van der Waals surface area contributed by atoms with E-state index in [1.807, 2.05) is 0 Å². The van der Waals surface area contributed by atoms with Gasteiger partial charge in [0.15, 0.2) is 0 Å². The fraction of sp³-hybridized carbons (Fsp3) is 0.400. The second-order valence-electron chi connectivity index (χ2n) is 5.66. The van der Waals surface area contributed by atoms with Crippen molar-refractivity contribution < 1.29 is 4.79 Å². The van der Waals surface area contributed by atoms with Gasteiger partial charge in [-0.2, -0.15) is 5.26 Å². The highest BCUT2D eigenvalue weighted by molar-refractivity contribution is 5.78. The van der Waals surface area contributed by atoms with Crippen molar-refractivity contribution in [3.63, 3.8) is 0 Å². The Morgan fingerprint density at radius 1 is 1.36 bits per heavy atom. The number of carbonyl (C=O) groups is 1. The number of hydrazine groups is 1. The Kier molecular flexibility index (Phi) is 3.69. The lowest BCUT2D eigenvalue weighted by Gasteiger charge is -2.28. The number of carbonyl (C=O) groups excluding carboxylic acids is 1. The van der Waals surface area contributed by atoms with Crippen molar-refractivity contribution in [2.45, 2.75) is 31.7 Å². The molecule has 114 valence electrons. The number of imidazole rings is 1. The molecule has 0 bridgehead atoms. The fourth-order valence-electron chi connectivity index (χ4n) is 3.28. The summed E-state index contributed by atoms with van der Waals surface area (Å²) in [7, 11) is 0. The van der Waals surface area contributed by atoms with Crippen LogP contribution in [-0.2, 0) is 4.79 Å². The van der Waals surface area contributed by atoms with Gasteiger partial charge in [0.05, 0.1) is 22.7 Å². The molecule has 1 aromatic carbocycles. The Labute approximate surface area is 126 Å². The Morgan fingerprint density at radius 3 is 2.73 bits per heavy atom. The maximum atomic E-state index is 12.2. The Morgan fingerprint density at radius 2 is 2.09 bits per heavy atom. The third-order valence-electron chi connectivity index (χ3n) is 4.42.